The first-order valence-corrected chi connectivity index (χ1v) is 8.41. The topological polar surface area (TPSA) is 98.5 Å². The van der Waals surface area contributed by atoms with Gasteiger partial charge < -0.3 is 14.6 Å². The number of rotatable bonds is 5. The molecule has 1 aliphatic rings. The number of ketones is 1. The Hall–Kier alpha value is -2.96. The van der Waals surface area contributed by atoms with Crippen molar-refractivity contribution in [2.75, 3.05) is 11.9 Å². The fourth-order valence-electron chi connectivity index (χ4n) is 2.91. The number of esters is 1. The number of ether oxygens (including phenoxy) is 1. The van der Waals surface area contributed by atoms with E-state index in [1.54, 1.807) is 32.0 Å². The number of carbonyl (C=O) groups excluding carboxylic acids is 3. The summed E-state index contributed by atoms with van der Waals surface area (Å²) in [7, 11) is 0. The van der Waals surface area contributed by atoms with Crippen LogP contribution in [0.1, 0.15) is 70.3 Å². The third-order valence-corrected chi connectivity index (χ3v) is 4.44. The Balaban J connectivity index is 1.71. The molecule has 1 N–H and O–H groups in total. The first-order chi connectivity index (χ1) is 12.3. The van der Waals surface area contributed by atoms with E-state index in [4.69, 9.17) is 9.26 Å². The lowest BCUT2D eigenvalue weighted by atomic mass is 9.99. The van der Waals surface area contributed by atoms with Crippen LogP contribution in [0.4, 0.5) is 5.69 Å². The molecular weight excluding hydrogens is 336 g/mol. The van der Waals surface area contributed by atoms with Gasteiger partial charge in [0, 0.05) is 17.2 Å². The van der Waals surface area contributed by atoms with E-state index in [1.165, 1.54) is 0 Å². The standard InChI is InChI=1S/C19H20N2O5/c1-9(2)17-16(11(4)21-26-17)19(24)25-8-15(22)12-5-6-14-13(7-12)10(3)18(23)20-14/h5-7,9-10H,8H2,1-4H3,(H,20,23)/t10-/m0/s1. The second-order valence-corrected chi connectivity index (χ2v) is 6.67. The molecule has 7 heteroatoms. The van der Waals surface area contributed by atoms with Crippen molar-refractivity contribution < 1.29 is 23.6 Å². The highest BCUT2D eigenvalue weighted by atomic mass is 16.5. The fraction of sp³-hybridized carbons (Fsp3) is 0.368. The van der Waals surface area contributed by atoms with Crippen LogP contribution in [0, 0.1) is 6.92 Å². The van der Waals surface area contributed by atoms with Crippen molar-refractivity contribution >= 4 is 23.3 Å². The average Bonchev–Trinajstić information content (AvgIpc) is 3.13. The number of Topliss-reactive ketones (excluding diaryl/α,β-unsaturated/α-hetero) is 1. The maximum Gasteiger partial charge on any atom is 0.344 e. The molecule has 1 aromatic heterocycles. The minimum absolute atomic E-state index is 0.0299. The molecule has 0 saturated carbocycles. The number of nitrogens with zero attached hydrogens (tertiary/aromatic N) is 1. The summed E-state index contributed by atoms with van der Waals surface area (Å²) in [5.74, 6) is -0.970. The van der Waals surface area contributed by atoms with Crippen LogP contribution in [-0.4, -0.2) is 29.4 Å². The maximum absolute atomic E-state index is 12.4. The fourth-order valence-corrected chi connectivity index (χ4v) is 2.91. The predicted octanol–water partition coefficient (Wildman–Crippen LogP) is 3.20. The molecule has 2 aromatic rings. The highest BCUT2D eigenvalue weighted by Crippen LogP contribution is 2.32. The molecule has 3 rings (SSSR count). The summed E-state index contributed by atoms with van der Waals surface area (Å²) in [4.78, 5) is 36.4. The first-order valence-electron chi connectivity index (χ1n) is 8.41. The van der Waals surface area contributed by atoms with E-state index in [-0.39, 0.29) is 29.1 Å². The lowest BCUT2D eigenvalue weighted by Crippen LogP contribution is -2.16. The van der Waals surface area contributed by atoms with E-state index in [1.807, 2.05) is 13.8 Å². The van der Waals surface area contributed by atoms with Gasteiger partial charge in [-0.3, -0.25) is 9.59 Å². The van der Waals surface area contributed by atoms with Gasteiger partial charge in [-0.25, -0.2) is 4.79 Å². The number of anilines is 1. The third-order valence-electron chi connectivity index (χ3n) is 4.44. The average molecular weight is 356 g/mol. The van der Waals surface area contributed by atoms with E-state index >= 15 is 0 Å². The van der Waals surface area contributed by atoms with Gasteiger partial charge in [-0.2, -0.15) is 0 Å². The van der Waals surface area contributed by atoms with Crippen LogP contribution in [0.25, 0.3) is 0 Å². The summed E-state index contributed by atoms with van der Waals surface area (Å²) in [6, 6.07) is 4.96. The number of hydrogen-bond acceptors (Lipinski definition) is 6. The Morgan fingerprint density at radius 3 is 2.77 bits per heavy atom. The van der Waals surface area contributed by atoms with Crippen LogP contribution < -0.4 is 5.32 Å². The van der Waals surface area contributed by atoms with E-state index in [2.05, 4.69) is 10.5 Å². The van der Waals surface area contributed by atoms with Gasteiger partial charge in [-0.15, -0.1) is 0 Å². The largest absolute Gasteiger partial charge is 0.454 e. The second kappa shape index (κ2) is 6.74. The number of aromatic nitrogens is 1. The van der Waals surface area contributed by atoms with Crippen LogP contribution in [0.3, 0.4) is 0 Å². The molecule has 0 radical (unpaired) electrons. The summed E-state index contributed by atoms with van der Waals surface area (Å²) >= 11 is 0. The smallest absolute Gasteiger partial charge is 0.344 e. The molecule has 0 saturated heterocycles. The number of carbonyl (C=O) groups is 3. The Morgan fingerprint density at radius 1 is 1.35 bits per heavy atom. The molecule has 7 nitrogen and oxygen atoms in total. The van der Waals surface area contributed by atoms with Gasteiger partial charge in [-0.1, -0.05) is 19.0 Å². The van der Waals surface area contributed by atoms with Crippen molar-refractivity contribution in [1.29, 1.82) is 0 Å². The van der Waals surface area contributed by atoms with Gasteiger partial charge in [0.05, 0.1) is 11.6 Å². The molecule has 1 aromatic carbocycles. The summed E-state index contributed by atoms with van der Waals surface area (Å²) in [5, 5.41) is 6.55. The summed E-state index contributed by atoms with van der Waals surface area (Å²) in [5.41, 5.74) is 2.57. The first kappa shape index (κ1) is 17.8. The van der Waals surface area contributed by atoms with Gasteiger partial charge in [0.25, 0.3) is 0 Å². The van der Waals surface area contributed by atoms with Crippen LogP contribution in [-0.2, 0) is 9.53 Å². The Bertz CT molecular complexity index is 897. The van der Waals surface area contributed by atoms with Crippen LogP contribution >= 0.6 is 0 Å². The van der Waals surface area contributed by atoms with Crippen LogP contribution in [0.2, 0.25) is 0 Å². The third kappa shape index (κ3) is 3.12. The number of nitrogens with one attached hydrogen (secondary N) is 1. The molecule has 1 amide bonds. The van der Waals surface area contributed by atoms with E-state index < -0.39 is 12.6 Å². The van der Waals surface area contributed by atoms with E-state index in [9.17, 15) is 14.4 Å². The molecular formula is C19H20N2O5. The van der Waals surface area contributed by atoms with Crippen molar-refractivity contribution in [1.82, 2.24) is 5.16 Å². The quantitative estimate of drug-likeness (QED) is 0.652. The molecule has 2 heterocycles. The van der Waals surface area contributed by atoms with Crippen LogP contribution in [0.15, 0.2) is 22.7 Å². The molecule has 136 valence electrons. The molecule has 1 aliphatic heterocycles. The Morgan fingerprint density at radius 2 is 2.08 bits per heavy atom. The van der Waals surface area contributed by atoms with Gasteiger partial charge in [0.15, 0.2) is 18.2 Å². The van der Waals surface area contributed by atoms with Crippen molar-refractivity contribution in [3.63, 3.8) is 0 Å². The van der Waals surface area contributed by atoms with Crippen molar-refractivity contribution in [3.05, 3.63) is 46.3 Å². The number of fused-ring (bicyclic) bond motifs is 1. The van der Waals surface area contributed by atoms with E-state index in [0.29, 0.717) is 22.7 Å². The zero-order valence-electron chi connectivity index (χ0n) is 15.1. The van der Waals surface area contributed by atoms with Crippen molar-refractivity contribution in [3.8, 4) is 0 Å². The molecule has 0 fully saturated rings. The number of benzene rings is 1. The number of aryl methyl sites for hydroxylation is 1. The van der Waals surface area contributed by atoms with Gasteiger partial charge in [0.1, 0.15) is 5.56 Å². The summed E-state index contributed by atoms with van der Waals surface area (Å²) in [6.07, 6.45) is 0. The van der Waals surface area contributed by atoms with Gasteiger partial charge in [0.2, 0.25) is 5.91 Å². The summed E-state index contributed by atoms with van der Waals surface area (Å²) < 4.78 is 10.3. The monoisotopic (exact) mass is 356 g/mol. The minimum atomic E-state index is -0.632. The minimum Gasteiger partial charge on any atom is -0.454 e. The Labute approximate surface area is 150 Å². The Kier molecular flexibility index (Phi) is 4.63. The molecule has 0 bridgehead atoms. The van der Waals surface area contributed by atoms with E-state index in [0.717, 1.165) is 5.56 Å². The zero-order valence-corrected chi connectivity index (χ0v) is 15.1. The van der Waals surface area contributed by atoms with Crippen molar-refractivity contribution in [2.24, 2.45) is 0 Å². The lowest BCUT2D eigenvalue weighted by molar-refractivity contribution is -0.116. The highest BCUT2D eigenvalue weighted by Gasteiger charge is 2.28. The highest BCUT2D eigenvalue weighted by molar-refractivity contribution is 6.05. The molecule has 0 unspecified atom stereocenters. The zero-order chi connectivity index (χ0) is 19.0. The number of hydrogen-bond donors (Lipinski definition) is 1. The SMILES string of the molecule is Cc1noc(C(C)C)c1C(=O)OCC(=O)c1ccc2c(c1)[C@H](C)C(=O)N2. The lowest BCUT2D eigenvalue weighted by Gasteiger charge is -2.08. The molecule has 0 aliphatic carbocycles. The molecule has 1 atom stereocenters. The second-order valence-electron chi connectivity index (χ2n) is 6.67. The van der Waals surface area contributed by atoms with Crippen molar-refractivity contribution in [2.45, 2.75) is 39.5 Å². The van der Waals surface area contributed by atoms with Crippen LogP contribution in [0.5, 0.6) is 0 Å². The maximum atomic E-state index is 12.4. The van der Waals surface area contributed by atoms with Gasteiger partial charge in [-0.05, 0) is 37.6 Å². The normalized spacial score (nSPS) is 15.7. The molecule has 0 spiro atoms. The molecule has 26 heavy (non-hydrogen) atoms. The van der Waals surface area contributed by atoms with Gasteiger partial charge >= 0.3 is 5.97 Å². The number of amides is 1. The summed E-state index contributed by atoms with van der Waals surface area (Å²) in [6.45, 7) is 6.79. The predicted molar refractivity (Wildman–Crippen MR) is 93.4 cm³/mol.